The second kappa shape index (κ2) is 7.43. The van der Waals surface area contributed by atoms with Crippen molar-refractivity contribution in [1.29, 1.82) is 0 Å². The first-order valence-electron chi connectivity index (χ1n) is 10.7. The predicted molar refractivity (Wildman–Crippen MR) is 117 cm³/mol. The number of imidazole rings is 1. The van der Waals surface area contributed by atoms with Crippen molar-refractivity contribution in [3.8, 4) is 0 Å². The fourth-order valence-electron chi connectivity index (χ4n) is 5.24. The lowest BCUT2D eigenvalue weighted by atomic mass is 9.61. The van der Waals surface area contributed by atoms with Crippen molar-refractivity contribution in [2.24, 2.45) is 11.8 Å². The summed E-state index contributed by atoms with van der Waals surface area (Å²) < 4.78 is 0. The third-order valence-corrected chi connectivity index (χ3v) is 6.83. The summed E-state index contributed by atoms with van der Waals surface area (Å²) >= 11 is 0. The zero-order chi connectivity index (χ0) is 19.8. The first-order valence-corrected chi connectivity index (χ1v) is 10.7. The summed E-state index contributed by atoms with van der Waals surface area (Å²) in [7, 11) is 2.11. The van der Waals surface area contributed by atoms with Gasteiger partial charge in [-0.15, -0.1) is 0 Å². The third kappa shape index (κ3) is 3.63. The van der Waals surface area contributed by atoms with Gasteiger partial charge >= 0.3 is 0 Å². The van der Waals surface area contributed by atoms with E-state index in [1.54, 1.807) is 0 Å². The molecule has 1 heterocycles. The van der Waals surface area contributed by atoms with Gasteiger partial charge in [-0.25, -0.2) is 4.98 Å². The number of aromatic amines is 1. The molecule has 0 unspecified atom stereocenters. The molecule has 0 aliphatic heterocycles. The molecule has 1 saturated carbocycles. The Hall–Kier alpha value is -2.43. The van der Waals surface area contributed by atoms with Crippen LogP contribution in [0.2, 0.25) is 0 Å². The van der Waals surface area contributed by atoms with Crippen LogP contribution in [0.15, 0.2) is 60.7 Å². The molecule has 3 aliphatic rings. The van der Waals surface area contributed by atoms with E-state index in [1.165, 1.54) is 17.6 Å². The molecule has 2 aromatic carbocycles. The van der Waals surface area contributed by atoms with Gasteiger partial charge in [-0.05, 0) is 61.9 Å². The van der Waals surface area contributed by atoms with E-state index in [0.717, 1.165) is 49.2 Å². The number of hydrogen-bond donors (Lipinski definition) is 2. The van der Waals surface area contributed by atoms with E-state index >= 15 is 0 Å². The quantitative estimate of drug-likeness (QED) is 0.648. The Morgan fingerprint density at radius 3 is 2.66 bits per heavy atom. The third-order valence-electron chi connectivity index (χ3n) is 6.83. The largest absolute Gasteiger partial charge is 0.389 e. The molecule has 150 valence electrons. The molecule has 1 aromatic heterocycles. The summed E-state index contributed by atoms with van der Waals surface area (Å²) in [5.74, 6) is 1.73. The van der Waals surface area contributed by atoms with E-state index in [4.69, 9.17) is 0 Å². The number of allylic oxidation sites excluding steroid dienone is 1. The molecule has 1 fully saturated rings. The number of nitrogens with zero attached hydrogens (tertiary/aromatic N) is 2. The fraction of sp³-hybridized carbons (Fsp3) is 0.400. The lowest BCUT2D eigenvalue weighted by Gasteiger charge is -2.48. The second-order valence-corrected chi connectivity index (χ2v) is 8.86. The molecule has 4 heteroatoms. The van der Waals surface area contributed by atoms with Gasteiger partial charge in [0.2, 0.25) is 0 Å². The van der Waals surface area contributed by atoms with Crippen LogP contribution < -0.4 is 0 Å². The zero-order valence-electron chi connectivity index (χ0n) is 17.0. The highest BCUT2D eigenvalue weighted by atomic mass is 16.3. The first kappa shape index (κ1) is 18.6. The Bertz CT molecular complexity index is 992. The summed E-state index contributed by atoms with van der Waals surface area (Å²) in [6.45, 7) is 1.63. The molecule has 0 saturated heterocycles. The molecular weight excluding hydrogens is 358 g/mol. The molecule has 2 N–H and O–H groups in total. The van der Waals surface area contributed by atoms with E-state index in [1.807, 2.05) is 18.2 Å². The van der Waals surface area contributed by atoms with Crippen molar-refractivity contribution < 1.29 is 5.11 Å². The number of benzene rings is 2. The smallest absolute Gasteiger partial charge is 0.121 e. The van der Waals surface area contributed by atoms with Crippen molar-refractivity contribution in [3.63, 3.8) is 0 Å². The molecule has 3 aliphatic carbocycles. The maximum absolute atomic E-state index is 11.5. The number of rotatable bonds is 6. The number of fused-ring (bicyclic) bond motifs is 3. The predicted octanol–water partition coefficient (Wildman–Crippen LogP) is 4.63. The Balaban J connectivity index is 1.24. The maximum Gasteiger partial charge on any atom is 0.121 e. The van der Waals surface area contributed by atoms with Gasteiger partial charge in [-0.2, -0.15) is 0 Å². The molecule has 3 aromatic rings. The lowest BCUT2D eigenvalue weighted by molar-refractivity contribution is -0.0578. The van der Waals surface area contributed by atoms with E-state index in [9.17, 15) is 5.11 Å². The van der Waals surface area contributed by atoms with Crippen LogP contribution in [-0.2, 0) is 6.54 Å². The molecule has 6 rings (SSSR count). The number of nitrogens with one attached hydrogen (secondary N) is 1. The standard InChI is InChI=1S/C25H29N3O/c1-28(17-24-26-22-9-5-6-10-23(22)27-24)14-13-25(29)16-19-11-12-20(25)15-21(19)18-7-3-2-4-8-18/h2-10,15,19-20,29H,11-14,16-17H2,1H3,(H,26,27)/t19-,20+,25-/m0/s1. The first-order chi connectivity index (χ1) is 14.1. The van der Waals surface area contributed by atoms with Crippen LogP contribution in [0.5, 0.6) is 0 Å². The Morgan fingerprint density at radius 2 is 1.90 bits per heavy atom. The maximum atomic E-state index is 11.5. The number of hydrogen-bond acceptors (Lipinski definition) is 3. The summed E-state index contributed by atoms with van der Waals surface area (Å²) in [6.07, 6.45) is 6.36. The normalized spacial score (nSPS) is 26.2. The average molecular weight is 388 g/mol. The van der Waals surface area contributed by atoms with Gasteiger partial charge in [0.05, 0.1) is 23.2 Å². The van der Waals surface area contributed by atoms with Gasteiger partial charge in [0.25, 0.3) is 0 Å². The topological polar surface area (TPSA) is 52.1 Å². The van der Waals surface area contributed by atoms with E-state index in [0.29, 0.717) is 5.92 Å². The fourth-order valence-corrected chi connectivity index (χ4v) is 5.24. The summed E-state index contributed by atoms with van der Waals surface area (Å²) in [5, 5.41) is 11.5. The van der Waals surface area contributed by atoms with E-state index < -0.39 is 5.60 Å². The van der Waals surface area contributed by atoms with Crippen LogP contribution in [0.3, 0.4) is 0 Å². The molecular formula is C25H29N3O. The number of aliphatic hydroxyl groups is 1. The van der Waals surface area contributed by atoms with E-state index in [-0.39, 0.29) is 5.92 Å². The van der Waals surface area contributed by atoms with Gasteiger partial charge < -0.3 is 10.1 Å². The SMILES string of the molecule is CN(CC[C@]1(O)C[C@@H]2CC[C@@H]1C=C2c1ccccc1)Cc1nc2ccccc2[nH]1. The molecule has 3 atom stereocenters. The van der Waals surface area contributed by atoms with Crippen LogP contribution in [0.25, 0.3) is 16.6 Å². The lowest BCUT2D eigenvalue weighted by Crippen LogP contribution is -2.47. The molecule has 29 heavy (non-hydrogen) atoms. The van der Waals surface area contributed by atoms with Gasteiger partial charge in [-0.1, -0.05) is 48.5 Å². The minimum Gasteiger partial charge on any atom is -0.389 e. The van der Waals surface area contributed by atoms with Crippen LogP contribution >= 0.6 is 0 Å². The highest BCUT2D eigenvalue weighted by molar-refractivity contribution is 5.74. The Morgan fingerprint density at radius 1 is 1.10 bits per heavy atom. The zero-order valence-corrected chi connectivity index (χ0v) is 17.0. The van der Waals surface area contributed by atoms with Crippen molar-refractivity contribution in [1.82, 2.24) is 14.9 Å². The van der Waals surface area contributed by atoms with Gasteiger partial charge in [0, 0.05) is 12.5 Å². The molecule has 0 amide bonds. The monoisotopic (exact) mass is 387 g/mol. The summed E-state index contributed by atoms with van der Waals surface area (Å²) in [6, 6.07) is 18.8. The molecule has 4 nitrogen and oxygen atoms in total. The Labute approximate surface area is 172 Å². The average Bonchev–Trinajstić information content (AvgIpc) is 3.15. The highest BCUT2D eigenvalue weighted by Crippen LogP contribution is 2.51. The van der Waals surface area contributed by atoms with Crippen molar-refractivity contribution in [3.05, 3.63) is 72.1 Å². The van der Waals surface area contributed by atoms with Gasteiger partial charge in [0.1, 0.15) is 5.82 Å². The van der Waals surface area contributed by atoms with Crippen LogP contribution in [0, 0.1) is 11.8 Å². The highest BCUT2D eigenvalue weighted by Gasteiger charge is 2.46. The minimum absolute atomic E-state index is 0.266. The minimum atomic E-state index is -0.580. The second-order valence-electron chi connectivity index (χ2n) is 8.86. The van der Waals surface area contributed by atoms with Gasteiger partial charge in [-0.3, -0.25) is 4.90 Å². The summed E-state index contributed by atoms with van der Waals surface area (Å²) in [5.41, 5.74) is 4.28. The van der Waals surface area contributed by atoms with Crippen molar-refractivity contribution in [2.45, 2.75) is 37.8 Å². The van der Waals surface area contributed by atoms with Crippen LogP contribution in [0.1, 0.15) is 37.1 Å². The summed E-state index contributed by atoms with van der Waals surface area (Å²) in [4.78, 5) is 10.3. The number of aromatic nitrogens is 2. The molecule has 0 spiro atoms. The van der Waals surface area contributed by atoms with E-state index in [2.05, 4.69) is 64.4 Å². The van der Waals surface area contributed by atoms with Gasteiger partial charge in [0.15, 0.2) is 0 Å². The Kier molecular flexibility index (Phi) is 4.76. The van der Waals surface area contributed by atoms with Crippen LogP contribution in [-0.4, -0.2) is 39.2 Å². The van der Waals surface area contributed by atoms with Crippen molar-refractivity contribution >= 4 is 16.6 Å². The van der Waals surface area contributed by atoms with Crippen molar-refractivity contribution in [2.75, 3.05) is 13.6 Å². The number of para-hydroxylation sites is 2. The number of H-pyrrole nitrogens is 1. The molecule has 2 bridgehead atoms. The van der Waals surface area contributed by atoms with Crippen LogP contribution in [0.4, 0.5) is 0 Å². The molecule has 0 radical (unpaired) electrons.